The first-order valence-electron chi connectivity index (χ1n) is 6.80. The van der Waals surface area contributed by atoms with Gasteiger partial charge in [-0.15, -0.1) is 0 Å². The number of rotatable bonds is 6. The Morgan fingerprint density at radius 2 is 2.14 bits per heavy atom. The van der Waals surface area contributed by atoms with Crippen LogP contribution in [0.4, 0.5) is 4.39 Å². The van der Waals surface area contributed by atoms with Crippen molar-refractivity contribution in [3.8, 4) is 0 Å². The molecule has 1 fully saturated rings. The molecule has 0 aromatic heterocycles. The number of aliphatic carboxylic acids is 1. The third kappa shape index (κ3) is 3.29. The van der Waals surface area contributed by atoms with E-state index in [0.717, 1.165) is 4.31 Å². The smallest absolute Gasteiger partial charge is 0.337 e. The van der Waals surface area contributed by atoms with Gasteiger partial charge in [-0.3, -0.25) is 0 Å². The van der Waals surface area contributed by atoms with E-state index in [1.807, 2.05) is 0 Å². The van der Waals surface area contributed by atoms with Crippen LogP contribution in [0.5, 0.6) is 0 Å². The van der Waals surface area contributed by atoms with Crippen molar-refractivity contribution >= 4 is 16.0 Å². The number of hydrogen-bond acceptors (Lipinski definition) is 4. The van der Waals surface area contributed by atoms with Crippen molar-refractivity contribution in [2.45, 2.75) is 18.4 Å². The molecule has 122 valence electrons. The molecule has 0 amide bonds. The van der Waals surface area contributed by atoms with Crippen LogP contribution >= 0.6 is 0 Å². The Labute approximate surface area is 128 Å². The number of methoxy groups -OCH3 is 1. The van der Waals surface area contributed by atoms with Crippen molar-refractivity contribution in [1.29, 1.82) is 0 Å². The maximum Gasteiger partial charge on any atom is 0.337 e. The third-order valence-electron chi connectivity index (χ3n) is 3.96. The van der Waals surface area contributed by atoms with Crippen molar-refractivity contribution in [1.82, 2.24) is 4.31 Å². The van der Waals surface area contributed by atoms with E-state index in [2.05, 4.69) is 0 Å². The fourth-order valence-corrected chi connectivity index (χ4v) is 3.99. The number of halogens is 1. The Kier molecular flexibility index (Phi) is 4.84. The minimum absolute atomic E-state index is 0.0402. The van der Waals surface area contributed by atoms with E-state index in [1.54, 1.807) is 6.07 Å². The van der Waals surface area contributed by atoms with E-state index >= 15 is 0 Å². The second-order valence-electron chi connectivity index (χ2n) is 5.24. The van der Waals surface area contributed by atoms with Gasteiger partial charge in [0.2, 0.25) is 10.0 Å². The van der Waals surface area contributed by atoms with E-state index in [-0.39, 0.29) is 31.7 Å². The molecule has 1 aromatic carbocycles. The molecule has 1 aliphatic heterocycles. The van der Waals surface area contributed by atoms with E-state index in [0.29, 0.717) is 5.56 Å². The molecule has 0 radical (unpaired) electrons. The van der Waals surface area contributed by atoms with Gasteiger partial charge < -0.3 is 9.84 Å². The van der Waals surface area contributed by atoms with E-state index in [1.165, 1.54) is 25.3 Å². The quantitative estimate of drug-likeness (QED) is 0.836. The molecule has 0 saturated carbocycles. The predicted molar refractivity (Wildman–Crippen MR) is 77.5 cm³/mol. The number of ether oxygens (including phenoxy) is 1. The van der Waals surface area contributed by atoms with Crippen LogP contribution in [0.2, 0.25) is 0 Å². The first-order valence-corrected chi connectivity index (χ1v) is 8.41. The summed E-state index contributed by atoms with van der Waals surface area (Å²) in [7, 11) is -2.41. The van der Waals surface area contributed by atoms with Crippen molar-refractivity contribution in [3.63, 3.8) is 0 Å². The monoisotopic (exact) mass is 331 g/mol. The molecule has 6 nitrogen and oxygen atoms in total. The molecule has 0 aliphatic carbocycles. The molecular formula is C14H18FNO5S. The number of carboxylic acid groups (broad SMARTS) is 1. The first kappa shape index (κ1) is 16.9. The zero-order valence-electron chi connectivity index (χ0n) is 12.2. The van der Waals surface area contributed by atoms with Crippen LogP contribution in [0.1, 0.15) is 12.0 Å². The lowest BCUT2D eigenvalue weighted by atomic mass is 10.0. The summed E-state index contributed by atoms with van der Waals surface area (Å²) in [5, 5.41) is 9.20. The van der Waals surface area contributed by atoms with E-state index in [4.69, 9.17) is 4.74 Å². The SMILES string of the molecule is COC1(C(=O)O)CCN(S(=O)(=O)CCc2ccccc2F)C1. The number of sulfonamides is 1. The molecule has 1 unspecified atom stereocenters. The van der Waals surface area contributed by atoms with Crippen LogP contribution < -0.4 is 0 Å². The summed E-state index contributed by atoms with van der Waals surface area (Å²) < 4.78 is 44.2. The van der Waals surface area contributed by atoms with Gasteiger partial charge in [-0.1, -0.05) is 18.2 Å². The Bertz CT molecular complexity index is 663. The largest absolute Gasteiger partial charge is 0.479 e. The minimum atomic E-state index is -3.67. The number of aryl methyl sites for hydroxylation is 1. The summed E-state index contributed by atoms with van der Waals surface area (Å²) in [6, 6.07) is 5.98. The van der Waals surface area contributed by atoms with Crippen LogP contribution in [0.15, 0.2) is 24.3 Å². The van der Waals surface area contributed by atoms with Gasteiger partial charge in [-0.05, 0) is 18.1 Å². The Morgan fingerprint density at radius 3 is 2.68 bits per heavy atom. The highest BCUT2D eigenvalue weighted by molar-refractivity contribution is 7.89. The van der Waals surface area contributed by atoms with Gasteiger partial charge >= 0.3 is 5.97 Å². The standard InChI is InChI=1S/C14H18FNO5S/c1-21-14(13(17)18)7-8-16(10-14)22(19,20)9-6-11-4-2-3-5-12(11)15/h2-5H,6-10H2,1H3,(H,17,18). The predicted octanol–water partition coefficient (Wildman–Crippen LogP) is 0.874. The molecule has 1 saturated heterocycles. The number of carbonyl (C=O) groups is 1. The lowest BCUT2D eigenvalue weighted by Gasteiger charge is -2.23. The molecule has 8 heteroatoms. The molecule has 1 heterocycles. The van der Waals surface area contributed by atoms with Crippen molar-refractivity contribution < 1.29 is 27.4 Å². The van der Waals surface area contributed by atoms with Gasteiger partial charge in [0.1, 0.15) is 5.82 Å². The summed E-state index contributed by atoms with van der Waals surface area (Å²) in [6.07, 6.45) is 0.135. The molecule has 2 rings (SSSR count). The van der Waals surface area contributed by atoms with Crippen LogP contribution in [-0.4, -0.2) is 55.4 Å². The number of nitrogens with zero attached hydrogens (tertiary/aromatic N) is 1. The van der Waals surface area contributed by atoms with Crippen molar-refractivity contribution in [2.75, 3.05) is 26.0 Å². The second-order valence-corrected chi connectivity index (χ2v) is 7.33. The third-order valence-corrected chi connectivity index (χ3v) is 5.78. The summed E-state index contributed by atoms with van der Waals surface area (Å²) in [6.45, 7) is -0.141. The highest BCUT2D eigenvalue weighted by atomic mass is 32.2. The Balaban J connectivity index is 2.06. The Morgan fingerprint density at radius 1 is 1.45 bits per heavy atom. The fourth-order valence-electron chi connectivity index (χ4n) is 2.48. The Hall–Kier alpha value is -1.51. The fraction of sp³-hybridized carbons (Fsp3) is 0.500. The van der Waals surface area contributed by atoms with Crippen LogP contribution in [0, 0.1) is 5.82 Å². The number of hydrogen-bond donors (Lipinski definition) is 1. The van der Waals surface area contributed by atoms with Crippen LogP contribution in [0.3, 0.4) is 0 Å². The molecule has 22 heavy (non-hydrogen) atoms. The van der Waals surface area contributed by atoms with E-state index < -0.39 is 27.4 Å². The van der Waals surface area contributed by atoms with Crippen molar-refractivity contribution in [3.05, 3.63) is 35.6 Å². The van der Waals surface area contributed by atoms with Gasteiger partial charge in [0, 0.05) is 20.1 Å². The normalized spacial score (nSPS) is 22.8. The topological polar surface area (TPSA) is 83.9 Å². The van der Waals surface area contributed by atoms with Gasteiger partial charge in [-0.2, -0.15) is 4.31 Å². The molecule has 1 N–H and O–H groups in total. The summed E-state index contributed by atoms with van der Waals surface area (Å²) in [4.78, 5) is 11.3. The van der Waals surface area contributed by atoms with Crippen LogP contribution in [-0.2, 0) is 26.0 Å². The first-order chi connectivity index (χ1) is 10.3. The minimum Gasteiger partial charge on any atom is -0.479 e. The summed E-state index contributed by atoms with van der Waals surface area (Å²) in [5.41, 5.74) is -1.17. The zero-order chi connectivity index (χ0) is 16.4. The second kappa shape index (κ2) is 6.31. The zero-order valence-corrected chi connectivity index (χ0v) is 13.0. The molecule has 1 aromatic rings. The van der Waals surface area contributed by atoms with Crippen molar-refractivity contribution in [2.24, 2.45) is 0 Å². The molecule has 0 bridgehead atoms. The molecular weight excluding hydrogens is 313 g/mol. The molecule has 1 atom stereocenters. The highest BCUT2D eigenvalue weighted by Gasteiger charge is 2.48. The number of carboxylic acids is 1. The highest BCUT2D eigenvalue weighted by Crippen LogP contribution is 2.27. The lowest BCUT2D eigenvalue weighted by Crippen LogP contribution is -2.44. The average Bonchev–Trinajstić information content (AvgIpc) is 2.93. The summed E-state index contributed by atoms with van der Waals surface area (Å²) in [5.74, 6) is -1.90. The van der Waals surface area contributed by atoms with Crippen LogP contribution in [0.25, 0.3) is 0 Å². The maximum atomic E-state index is 13.5. The summed E-state index contributed by atoms with van der Waals surface area (Å²) >= 11 is 0. The average molecular weight is 331 g/mol. The number of benzene rings is 1. The molecule has 1 aliphatic rings. The van der Waals surface area contributed by atoms with Gasteiger partial charge in [-0.25, -0.2) is 17.6 Å². The lowest BCUT2D eigenvalue weighted by molar-refractivity contribution is -0.160. The maximum absolute atomic E-state index is 13.5. The van der Waals surface area contributed by atoms with Gasteiger partial charge in [0.25, 0.3) is 0 Å². The molecule has 0 spiro atoms. The van der Waals surface area contributed by atoms with Gasteiger partial charge in [0.15, 0.2) is 5.60 Å². The van der Waals surface area contributed by atoms with Gasteiger partial charge in [0.05, 0.1) is 12.3 Å². The van der Waals surface area contributed by atoms with E-state index in [9.17, 15) is 22.7 Å².